The molecule has 0 aromatic rings. The lowest BCUT2D eigenvalue weighted by Gasteiger charge is -2.32. The summed E-state index contributed by atoms with van der Waals surface area (Å²) in [7, 11) is 0. The van der Waals surface area contributed by atoms with Gasteiger partial charge in [-0.2, -0.15) is 4.91 Å². The lowest BCUT2D eigenvalue weighted by Crippen LogP contribution is -2.49. The molecule has 21 heavy (non-hydrogen) atoms. The fourth-order valence-corrected chi connectivity index (χ4v) is 2.11. The van der Waals surface area contributed by atoms with Gasteiger partial charge in [0.05, 0.1) is 0 Å². The molecule has 0 bridgehead atoms. The number of amides is 1. The molecule has 8 nitrogen and oxygen atoms in total. The Bertz CT molecular complexity index is 398. The molecule has 0 aromatic carbocycles. The molecule has 0 spiro atoms. The van der Waals surface area contributed by atoms with Crippen molar-refractivity contribution in [2.45, 2.75) is 57.2 Å². The number of hydrogen-bond donors (Lipinski definition) is 2. The zero-order valence-corrected chi connectivity index (χ0v) is 12.5. The van der Waals surface area contributed by atoms with Gasteiger partial charge in [0.1, 0.15) is 17.2 Å². The van der Waals surface area contributed by atoms with Crippen LogP contribution in [-0.2, 0) is 14.3 Å². The number of carboxylic acid groups (broad SMARTS) is 1. The molecule has 0 aliphatic carbocycles. The van der Waals surface area contributed by atoms with Crippen LogP contribution in [0, 0.1) is 4.91 Å². The molecule has 8 heteroatoms. The van der Waals surface area contributed by atoms with Crippen LogP contribution in [0.4, 0.5) is 4.79 Å². The summed E-state index contributed by atoms with van der Waals surface area (Å²) in [6.45, 7) is 5.73. The van der Waals surface area contributed by atoms with E-state index < -0.39 is 29.2 Å². The van der Waals surface area contributed by atoms with E-state index in [1.807, 2.05) is 0 Å². The van der Waals surface area contributed by atoms with Gasteiger partial charge in [0.15, 0.2) is 0 Å². The van der Waals surface area contributed by atoms with Crippen LogP contribution in [0.5, 0.6) is 0 Å². The molecule has 0 aromatic heterocycles. The highest BCUT2D eigenvalue weighted by atomic mass is 16.6. The van der Waals surface area contributed by atoms with Gasteiger partial charge in [-0.25, -0.2) is 9.59 Å². The van der Waals surface area contributed by atoms with E-state index >= 15 is 0 Å². The third-order valence-corrected chi connectivity index (χ3v) is 3.19. The van der Waals surface area contributed by atoms with E-state index in [-0.39, 0.29) is 6.42 Å². The number of nitrogens with one attached hydrogen (secondary N) is 1. The van der Waals surface area contributed by atoms with Crippen molar-refractivity contribution in [3.63, 3.8) is 0 Å². The van der Waals surface area contributed by atoms with Crippen LogP contribution in [0.25, 0.3) is 0 Å². The van der Waals surface area contributed by atoms with Crippen LogP contribution in [0.1, 0.15) is 40.0 Å². The standard InChI is InChI=1S/C13H22N2O6/c1-12(2,3)21-11(18)14-9(10(16)17)8-13(15-19)4-6-20-7-5-13/h9H,4-8H2,1-3H3,(H,14,18)(H,16,17)/t9-/m1/s1. The molecule has 0 saturated carbocycles. The Morgan fingerprint density at radius 2 is 1.95 bits per heavy atom. The summed E-state index contributed by atoms with van der Waals surface area (Å²) >= 11 is 0. The molecule has 1 amide bonds. The first-order valence-corrected chi connectivity index (χ1v) is 6.82. The first kappa shape index (κ1) is 17.4. The second-order valence-electron chi connectivity index (χ2n) is 6.17. The van der Waals surface area contributed by atoms with Crippen molar-refractivity contribution in [3.05, 3.63) is 4.91 Å². The summed E-state index contributed by atoms with van der Waals surface area (Å²) in [6.07, 6.45) is -0.218. The number of nitroso groups, excluding NO2 is 1. The van der Waals surface area contributed by atoms with Gasteiger partial charge in [-0.3, -0.25) is 0 Å². The first-order chi connectivity index (χ1) is 9.67. The van der Waals surface area contributed by atoms with Gasteiger partial charge in [0.25, 0.3) is 0 Å². The molecule has 1 aliphatic rings. The van der Waals surface area contributed by atoms with E-state index in [2.05, 4.69) is 10.5 Å². The quantitative estimate of drug-likeness (QED) is 0.747. The second kappa shape index (κ2) is 6.84. The summed E-state index contributed by atoms with van der Waals surface area (Å²) in [5.74, 6) is -1.23. The zero-order valence-electron chi connectivity index (χ0n) is 12.5. The zero-order chi connectivity index (χ0) is 16.1. The SMILES string of the molecule is CC(C)(C)OC(=O)N[C@H](CC1(N=O)CCOCC1)C(=O)O. The monoisotopic (exact) mass is 302 g/mol. The first-order valence-electron chi connectivity index (χ1n) is 6.82. The molecule has 1 atom stereocenters. The van der Waals surface area contributed by atoms with Gasteiger partial charge in [-0.05, 0) is 33.6 Å². The highest BCUT2D eigenvalue weighted by Gasteiger charge is 2.39. The maximum atomic E-state index is 11.7. The Labute approximate surface area is 123 Å². The minimum Gasteiger partial charge on any atom is -0.480 e. The minimum atomic E-state index is -1.23. The van der Waals surface area contributed by atoms with E-state index in [1.165, 1.54) is 0 Å². The highest BCUT2D eigenvalue weighted by Crippen LogP contribution is 2.30. The molecule has 1 aliphatic heterocycles. The third kappa shape index (κ3) is 5.66. The van der Waals surface area contributed by atoms with E-state index in [1.54, 1.807) is 20.8 Å². The van der Waals surface area contributed by atoms with E-state index in [4.69, 9.17) is 9.47 Å². The number of nitrogens with zero attached hydrogens (tertiary/aromatic N) is 1. The Balaban J connectivity index is 2.71. The van der Waals surface area contributed by atoms with Crippen LogP contribution in [0.3, 0.4) is 0 Å². The van der Waals surface area contributed by atoms with Crippen molar-refractivity contribution >= 4 is 12.1 Å². The topological polar surface area (TPSA) is 114 Å². The van der Waals surface area contributed by atoms with Crippen LogP contribution in [0.15, 0.2) is 5.18 Å². The van der Waals surface area contributed by atoms with E-state index in [9.17, 15) is 19.6 Å². The predicted molar refractivity (Wildman–Crippen MR) is 74.0 cm³/mol. The number of hydrogen-bond acceptors (Lipinski definition) is 6. The van der Waals surface area contributed by atoms with Gasteiger partial charge < -0.3 is 19.9 Å². The number of alkyl carbamates (subject to hydrolysis) is 1. The summed E-state index contributed by atoms with van der Waals surface area (Å²) in [5.41, 5.74) is -1.75. The third-order valence-electron chi connectivity index (χ3n) is 3.19. The van der Waals surface area contributed by atoms with Crippen LogP contribution < -0.4 is 5.32 Å². The van der Waals surface area contributed by atoms with Crippen molar-refractivity contribution in [1.82, 2.24) is 5.32 Å². The molecular formula is C13H22N2O6. The fourth-order valence-electron chi connectivity index (χ4n) is 2.11. The minimum absolute atomic E-state index is 0.0750. The molecular weight excluding hydrogens is 280 g/mol. The van der Waals surface area contributed by atoms with Gasteiger partial charge in [-0.1, -0.05) is 5.18 Å². The van der Waals surface area contributed by atoms with Crippen LogP contribution in [-0.4, -0.2) is 47.6 Å². The van der Waals surface area contributed by atoms with Crippen molar-refractivity contribution < 1.29 is 24.2 Å². The van der Waals surface area contributed by atoms with Gasteiger partial charge in [-0.15, -0.1) is 0 Å². The number of carboxylic acids is 1. The number of carbonyl (C=O) groups is 2. The molecule has 120 valence electrons. The van der Waals surface area contributed by atoms with Gasteiger partial charge in [0.2, 0.25) is 0 Å². The summed E-state index contributed by atoms with van der Waals surface area (Å²) in [4.78, 5) is 34.1. The van der Waals surface area contributed by atoms with Crippen molar-refractivity contribution in [1.29, 1.82) is 0 Å². The highest BCUT2D eigenvalue weighted by molar-refractivity contribution is 5.80. The Morgan fingerprint density at radius 1 is 1.38 bits per heavy atom. The normalized spacial score (nSPS) is 19.4. The van der Waals surface area contributed by atoms with Crippen molar-refractivity contribution in [3.8, 4) is 0 Å². The smallest absolute Gasteiger partial charge is 0.408 e. The molecule has 1 rings (SSSR count). The van der Waals surface area contributed by atoms with E-state index in [0.29, 0.717) is 26.1 Å². The average molecular weight is 302 g/mol. The number of carbonyl (C=O) groups excluding carboxylic acids is 1. The van der Waals surface area contributed by atoms with E-state index in [0.717, 1.165) is 0 Å². The van der Waals surface area contributed by atoms with Crippen molar-refractivity contribution in [2.75, 3.05) is 13.2 Å². The Kier molecular flexibility index (Phi) is 5.65. The molecule has 2 N–H and O–H groups in total. The largest absolute Gasteiger partial charge is 0.480 e. The predicted octanol–water partition coefficient (Wildman–Crippen LogP) is 1.67. The lowest BCUT2D eigenvalue weighted by molar-refractivity contribution is -0.140. The second-order valence-corrected chi connectivity index (χ2v) is 6.17. The van der Waals surface area contributed by atoms with Crippen LogP contribution in [0.2, 0.25) is 0 Å². The number of rotatable bonds is 5. The Hall–Kier alpha value is -1.70. The Morgan fingerprint density at radius 3 is 2.38 bits per heavy atom. The molecule has 1 saturated heterocycles. The molecule has 0 radical (unpaired) electrons. The fraction of sp³-hybridized carbons (Fsp3) is 0.846. The summed E-state index contributed by atoms with van der Waals surface area (Å²) in [6, 6.07) is -1.23. The molecule has 1 heterocycles. The average Bonchev–Trinajstić information content (AvgIpc) is 2.36. The maximum absolute atomic E-state index is 11.7. The van der Waals surface area contributed by atoms with Crippen molar-refractivity contribution in [2.24, 2.45) is 5.18 Å². The summed E-state index contributed by atoms with van der Waals surface area (Å²) < 4.78 is 10.2. The lowest BCUT2D eigenvalue weighted by atomic mass is 9.84. The van der Waals surface area contributed by atoms with Gasteiger partial charge >= 0.3 is 12.1 Å². The summed E-state index contributed by atoms with van der Waals surface area (Å²) in [5, 5.41) is 14.6. The van der Waals surface area contributed by atoms with Gasteiger partial charge in [0, 0.05) is 19.6 Å². The number of ether oxygens (including phenoxy) is 2. The van der Waals surface area contributed by atoms with Crippen LogP contribution >= 0.6 is 0 Å². The number of aliphatic carboxylic acids is 1. The molecule has 0 unspecified atom stereocenters. The molecule has 1 fully saturated rings. The maximum Gasteiger partial charge on any atom is 0.408 e.